The second kappa shape index (κ2) is 8.15. The number of ether oxygens (including phenoxy) is 1. The molecule has 0 aliphatic carbocycles. The standard InChI is InChI=1S/C18H26N2O4/c1-3-10-24-12-15-7-5-4-6-14(15)11-19-17(23)20-9-8-18(2,13-20)16(21)22/h4-7H,3,8-13H2,1-2H3,(H,19,23)(H,21,22). The third-order valence-corrected chi connectivity index (χ3v) is 4.43. The number of carboxylic acids is 1. The Morgan fingerprint density at radius 2 is 2.04 bits per heavy atom. The van der Waals surface area contributed by atoms with Crippen molar-refractivity contribution in [1.82, 2.24) is 10.2 Å². The molecule has 0 radical (unpaired) electrons. The molecule has 1 heterocycles. The number of aliphatic carboxylic acids is 1. The van der Waals surface area contributed by atoms with Crippen LogP contribution in [-0.2, 0) is 22.7 Å². The lowest BCUT2D eigenvalue weighted by Crippen LogP contribution is -2.40. The fourth-order valence-corrected chi connectivity index (χ4v) is 2.79. The van der Waals surface area contributed by atoms with Gasteiger partial charge in [0.2, 0.25) is 0 Å². The lowest BCUT2D eigenvalue weighted by atomic mass is 9.90. The molecule has 1 unspecified atom stereocenters. The summed E-state index contributed by atoms with van der Waals surface area (Å²) in [5.74, 6) is -0.851. The van der Waals surface area contributed by atoms with E-state index in [1.165, 1.54) is 0 Å². The van der Waals surface area contributed by atoms with Gasteiger partial charge in [0.25, 0.3) is 0 Å². The SMILES string of the molecule is CCCOCc1ccccc1CNC(=O)N1CCC(C)(C(=O)O)C1. The van der Waals surface area contributed by atoms with Crippen LogP contribution in [0.3, 0.4) is 0 Å². The molecule has 1 aromatic rings. The van der Waals surface area contributed by atoms with Gasteiger partial charge in [0.15, 0.2) is 0 Å². The van der Waals surface area contributed by atoms with Gasteiger partial charge in [0, 0.05) is 26.2 Å². The summed E-state index contributed by atoms with van der Waals surface area (Å²) >= 11 is 0. The van der Waals surface area contributed by atoms with E-state index < -0.39 is 11.4 Å². The Morgan fingerprint density at radius 3 is 2.67 bits per heavy atom. The molecule has 1 aromatic carbocycles. The zero-order chi connectivity index (χ0) is 17.6. The number of hydrogen-bond acceptors (Lipinski definition) is 3. The molecule has 1 fully saturated rings. The first-order valence-electron chi connectivity index (χ1n) is 8.37. The van der Waals surface area contributed by atoms with E-state index in [0.717, 1.165) is 17.5 Å². The maximum atomic E-state index is 12.3. The van der Waals surface area contributed by atoms with Crippen LogP contribution in [0.25, 0.3) is 0 Å². The summed E-state index contributed by atoms with van der Waals surface area (Å²) in [4.78, 5) is 25.1. The van der Waals surface area contributed by atoms with Crippen LogP contribution in [-0.4, -0.2) is 41.7 Å². The number of carbonyl (C=O) groups excluding carboxylic acids is 1. The smallest absolute Gasteiger partial charge is 0.317 e. The highest BCUT2D eigenvalue weighted by molar-refractivity contribution is 5.79. The summed E-state index contributed by atoms with van der Waals surface area (Å²) in [6.45, 7) is 6.11. The molecular formula is C18H26N2O4. The van der Waals surface area contributed by atoms with Crippen LogP contribution in [0, 0.1) is 5.41 Å². The quantitative estimate of drug-likeness (QED) is 0.751. The molecule has 24 heavy (non-hydrogen) atoms. The third-order valence-electron chi connectivity index (χ3n) is 4.43. The average Bonchev–Trinajstić information content (AvgIpc) is 2.98. The Bertz CT molecular complexity index is 590. The Kier molecular flexibility index (Phi) is 6.20. The van der Waals surface area contributed by atoms with Gasteiger partial charge in [-0.1, -0.05) is 31.2 Å². The molecule has 0 saturated carbocycles. The number of amides is 2. The van der Waals surface area contributed by atoms with Crippen molar-refractivity contribution in [2.75, 3.05) is 19.7 Å². The molecule has 0 bridgehead atoms. The molecule has 2 rings (SSSR count). The van der Waals surface area contributed by atoms with Crippen molar-refractivity contribution >= 4 is 12.0 Å². The first kappa shape index (κ1) is 18.3. The molecule has 1 aliphatic rings. The van der Waals surface area contributed by atoms with Crippen molar-refractivity contribution < 1.29 is 19.4 Å². The molecule has 1 aliphatic heterocycles. The minimum atomic E-state index is -0.851. The van der Waals surface area contributed by atoms with Crippen LogP contribution in [0.5, 0.6) is 0 Å². The highest BCUT2D eigenvalue weighted by Crippen LogP contribution is 2.30. The van der Waals surface area contributed by atoms with Gasteiger partial charge in [-0.05, 0) is 30.9 Å². The van der Waals surface area contributed by atoms with Crippen molar-refractivity contribution in [3.05, 3.63) is 35.4 Å². The lowest BCUT2D eigenvalue weighted by molar-refractivity contribution is -0.147. The molecule has 2 amide bonds. The monoisotopic (exact) mass is 334 g/mol. The van der Waals surface area contributed by atoms with Crippen LogP contribution in [0.4, 0.5) is 4.79 Å². The van der Waals surface area contributed by atoms with Crippen LogP contribution in [0.1, 0.15) is 37.8 Å². The number of benzene rings is 1. The van der Waals surface area contributed by atoms with Gasteiger partial charge < -0.3 is 20.1 Å². The van der Waals surface area contributed by atoms with E-state index in [-0.39, 0.29) is 12.6 Å². The fourth-order valence-electron chi connectivity index (χ4n) is 2.79. The van der Waals surface area contributed by atoms with Crippen molar-refractivity contribution in [1.29, 1.82) is 0 Å². The van der Waals surface area contributed by atoms with Crippen molar-refractivity contribution in [3.8, 4) is 0 Å². The predicted molar refractivity (Wildman–Crippen MR) is 90.6 cm³/mol. The summed E-state index contributed by atoms with van der Waals surface area (Å²) in [6.07, 6.45) is 1.45. The number of urea groups is 1. The Balaban J connectivity index is 1.89. The Labute approximate surface area is 142 Å². The summed E-state index contributed by atoms with van der Waals surface area (Å²) in [6, 6.07) is 7.63. The minimum absolute atomic E-state index is 0.218. The highest BCUT2D eigenvalue weighted by atomic mass is 16.5. The number of hydrogen-bond donors (Lipinski definition) is 2. The van der Waals surface area contributed by atoms with Gasteiger partial charge in [-0.25, -0.2) is 4.79 Å². The largest absolute Gasteiger partial charge is 0.481 e. The zero-order valence-electron chi connectivity index (χ0n) is 14.4. The maximum absolute atomic E-state index is 12.3. The van der Waals surface area contributed by atoms with Crippen LogP contribution in [0.2, 0.25) is 0 Å². The van der Waals surface area contributed by atoms with E-state index in [9.17, 15) is 14.7 Å². The van der Waals surface area contributed by atoms with Crippen molar-refractivity contribution in [3.63, 3.8) is 0 Å². The zero-order valence-corrected chi connectivity index (χ0v) is 14.4. The van der Waals surface area contributed by atoms with Gasteiger partial charge in [0.1, 0.15) is 0 Å². The molecule has 0 aromatic heterocycles. The molecule has 6 nitrogen and oxygen atoms in total. The molecule has 6 heteroatoms. The van der Waals surface area contributed by atoms with Crippen LogP contribution < -0.4 is 5.32 Å². The molecule has 2 N–H and O–H groups in total. The molecule has 132 valence electrons. The number of nitrogens with zero attached hydrogens (tertiary/aromatic N) is 1. The van der Waals surface area contributed by atoms with Crippen molar-refractivity contribution in [2.45, 2.75) is 39.8 Å². The van der Waals surface area contributed by atoms with Gasteiger partial charge >= 0.3 is 12.0 Å². The van der Waals surface area contributed by atoms with E-state index >= 15 is 0 Å². The Morgan fingerprint density at radius 1 is 1.33 bits per heavy atom. The van der Waals surface area contributed by atoms with Crippen LogP contribution >= 0.6 is 0 Å². The second-order valence-electron chi connectivity index (χ2n) is 6.52. The van der Waals surface area contributed by atoms with E-state index in [0.29, 0.717) is 32.7 Å². The first-order chi connectivity index (χ1) is 11.5. The van der Waals surface area contributed by atoms with Gasteiger partial charge in [-0.3, -0.25) is 4.79 Å². The second-order valence-corrected chi connectivity index (χ2v) is 6.52. The number of nitrogens with one attached hydrogen (secondary N) is 1. The van der Waals surface area contributed by atoms with Crippen LogP contribution in [0.15, 0.2) is 24.3 Å². The van der Waals surface area contributed by atoms with E-state index in [4.69, 9.17) is 4.74 Å². The number of carboxylic acid groups (broad SMARTS) is 1. The lowest BCUT2D eigenvalue weighted by Gasteiger charge is -2.21. The van der Waals surface area contributed by atoms with E-state index in [1.807, 2.05) is 24.3 Å². The van der Waals surface area contributed by atoms with Gasteiger partial charge in [0.05, 0.1) is 12.0 Å². The summed E-state index contributed by atoms with van der Waals surface area (Å²) in [5.41, 5.74) is 1.23. The first-order valence-corrected chi connectivity index (χ1v) is 8.37. The minimum Gasteiger partial charge on any atom is -0.481 e. The highest BCUT2D eigenvalue weighted by Gasteiger charge is 2.42. The van der Waals surface area contributed by atoms with Gasteiger partial charge in [-0.15, -0.1) is 0 Å². The Hall–Kier alpha value is -2.08. The number of rotatable bonds is 7. The fraction of sp³-hybridized carbons (Fsp3) is 0.556. The predicted octanol–water partition coefficient (Wildman–Crippen LogP) is 2.62. The summed E-state index contributed by atoms with van der Waals surface area (Å²) in [5, 5.41) is 12.1. The summed E-state index contributed by atoms with van der Waals surface area (Å²) < 4.78 is 5.58. The number of carbonyl (C=O) groups is 2. The topological polar surface area (TPSA) is 78.9 Å². The van der Waals surface area contributed by atoms with Gasteiger partial charge in [-0.2, -0.15) is 0 Å². The average molecular weight is 334 g/mol. The number of likely N-dealkylation sites (tertiary alicyclic amines) is 1. The molecule has 1 atom stereocenters. The molecular weight excluding hydrogens is 308 g/mol. The van der Waals surface area contributed by atoms with Crippen molar-refractivity contribution in [2.24, 2.45) is 5.41 Å². The summed E-state index contributed by atoms with van der Waals surface area (Å²) in [7, 11) is 0. The van der Waals surface area contributed by atoms with E-state index in [1.54, 1.807) is 11.8 Å². The van der Waals surface area contributed by atoms with E-state index in [2.05, 4.69) is 12.2 Å². The maximum Gasteiger partial charge on any atom is 0.317 e. The molecule has 1 saturated heterocycles. The molecule has 0 spiro atoms. The normalized spacial score (nSPS) is 20.2. The third kappa shape index (κ3) is 4.47.